The topological polar surface area (TPSA) is 66.5 Å². The lowest BCUT2D eigenvalue weighted by molar-refractivity contribution is 0.259. The average Bonchev–Trinajstić information content (AvgIpc) is 3.28. The first kappa shape index (κ1) is 15.6. The normalized spacial score (nSPS) is 18.3. The number of likely N-dealkylation sites (N-methyl/N-ethyl adjacent to an activating group) is 1. The Hall–Kier alpha value is -2.61. The number of nitrogens with zero attached hydrogens (tertiary/aromatic N) is 7. The fourth-order valence-electron chi connectivity index (χ4n) is 3.86. The highest BCUT2D eigenvalue weighted by Gasteiger charge is 2.18. The van der Waals surface area contributed by atoms with Gasteiger partial charge in [-0.15, -0.1) is 0 Å². The molecule has 8 nitrogen and oxygen atoms in total. The summed E-state index contributed by atoms with van der Waals surface area (Å²) >= 11 is 0. The molecule has 5 heterocycles. The van der Waals surface area contributed by atoms with Crippen molar-refractivity contribution in [2.75, 3.05) is 36.9 Å². The Morgan fingerprint density at radius 2 is 1.92 bits per heavy atom. The maximum absolute atomic E-state index is 4.79. The van der Waals surface area contributed by atoms with Crippen molar-refractivity contribution in [2.24, 2.45) is 0 Å². The molecule has 0 spiro atoms. The van der Waals surface area contributed by atoms with Crippen LogP contribution in [-0.2, 0) is 13.1 Å². The molecule has 2 aliphatic heterocycles. The summed E-state index contributed by atoms with van der Waals surface area (Å²) in [5.74, 6) is 2.79. The molecule has 0 aliphatic carbocycles. The van der Waals surface area contributed by atoms with Crippen LogP contribution in [0.4, 0.5) is 17.5 Å². The van der Waals surface area contributed by atoms with E-state index in [4.69, 9.17) is 10.1 Å². The number of fused-ring (bicyclic) bond motifs is 2. The molecule has 3 aromatic rings. The first-order chi connectivity index (χ1) is 12.8. The van der Waals surface area contributed by atoms with Gasteiger partial charge >= 0.3 is 0 Å². The van der Waals surface area contributed by atoms with Crippen LogP contribution in [0, 0.1) is 0 Å². The van der Waals surface area contributed by atoms with E-state index >= 15 is 0 Å². The van der Waals surface area contributed by atoms with Crippen molar-refractivity contribution in [3.8, 4) is 0 Å². The van der Waals surface area contributed by atoms with Crippen molar-refractivity contribution in [1.29, 1.82) is 0 Å². The zero-order valence-electron chi connectivity index (χ0n) is 15.1. The lowest BCUT2D eigenvalue weighted by Crippen LogP contribution is -2.30. The minimum atomic E-state index is 0.860. The number of hydrogen-bond acceptors (Lipinski definition) is 6. The van der Waals surface area contributed by atoms with Gasteiger partial charge in [0.05, 0.1) is 18.4 Å². The second kappa shape index (κ2) is 6.28. The molecule has 0 saturated carbocycles. The molecule has 0 radical (unpaired) electrons. The van der Waals surface area contributed by atoms with Crippen molar-refractivity contribution in [1.82, 2.24) is 29.3 Å². The molecule has 0 amide bonds. The van der Waals surface area contributed by atoms with Crippen LogP contribution in [0.25, 0.3) is 5.65 Å². The molecule has 8 heteroatoms. The predicted molar refractivity (Wildman–Crippen MR) is 101 cm³/mol. The molecule has 2 aliphatic rings. The van der Waals surface area contributed by atoms with Crippen molar-refractivity contribution in [2.45, 2.75) is 32.4 Å². The Bertz CT molecular complexity index is 921. The van der Waals surface area contributed by atoms with Crippen LogP contribution in [0.3, 0.4) is 0 Å². The maximum atomic E-state index is 4.79. The maximum Gasteiger partial charge on any atom is 0.159 e. The number of aromatic nitrogens is 5. The van der Waals surface area contributed by atoms with E-state index < -0.39 is 0 Å². The first-order valence-corrected chi connectivity index (χ1v) is 9.38. The molecule has 0 aromatic carbocycles. The molecular weight excluding hydrogens is 328 g/mol. The molecule has 0 atom stereocenters. The van der Waals surface area contributed by atoms with E-state index in [-0.39, 0.29) is 0 Å². The minimum Gasteiger partial charge on any atom is -0.356 e. The molecule has 26 heavy (non-hydrogen) atoms. The third-order valence-electron chi connectivity index (χ3n) is 5.27. The molecule has 3 aromatic heterocycles. The van der Waals surface area contributed by atoms with Gasteiger partial charge in [-0.3, -0.25) is 9.58 Å². The summed E-state index contributed by atoms with van der Waals surface area (Å²) < 4.78 is 3.94. The van der Waals surface area contributed by atoms with E-state index in [0.717, 1.165) is 55.8 Å². The van der Waals surface area contributed by atoms with Gasteiger partial charge in [-0.2, -0.15) is 14.7 Å². The van der Waals surface area contributed by atoms with Crippen LogP contribution in [0.5, 0.6) is 0 Å². The van der Waals surface area contributed by atoms with Gasteiger partial charge in [0.25, 0.3) is 0 Å². The SMILES string of the molecule is CN1CCn2nc(Nc3cc(N4CCCCC4)nc4ccnn34)cc2C1. The number of hydrogen-bond donors (Lipinski definition) is 1. The van der Waals surface area contributed by atoms with Crippen molar-refractivity contribution in [3.05, 3.63) is 30.1 Å². The van der Waals surface area contributed by atoms with E-state index in [1.165, 1.54) is 25.0 Å². The van der Waals surface area contributed by atoms with Crippen LogP contribution in [-0.4, -0.2) is 56.0 Å². The summed E-state index contributed by atoms with van der Waals surface area (Å²) in [6, 6.07) is 6.17. The average molecular weight is 352 g/mol. The molecule has 1 saturated heterocycles. The zero-order valence-corrected chi connectivity index (χ0v) is 15.1. The highest BCUT2D eigenvalue weighted by atomic mass is 15.4. The van der Waals surface area contributed by atoms with E-state index in [1.54, 1.807) is 6.20 Å². The lowest BCUT2D eigenvalue weighted by Gasteiger charge is -2.28. The monoisotopic (exact) mass is 352 g/mol. The lowest BCUT2D eigenvalue weighted by atomic mass is 10.1. The Balaban J connectivity index is 1.49. The second-order valence-corrected chi connectivity index (χ2v) is 7.26. The summed E-state index contributed by atoms with van der Waals surface area (Å²) in [6.07, 6.45) is 5.57. The molecule has 136 valence electrons. The minimum absolute atomic E-state index is 0.860. The smallest absolute Gasteiger partial charge is 0.159 e. The predicted octanol–water partition coefficient (Wildman–Crippen LogP) is 2.11. The van der Waals surface area contributed by atoms with Gasteiger partial charge in [-0.25, -0.2) is 4.98 Å². The van der Waals surface area contributed by atoms with Crippen LogP contribution in [0.1, 0.15) is 25.0 Å². The molecule has 0 unspecified atom stereocenters. The first-order valence-electron chi connectivity index (χ1n) is 9.38. The molecule has 1 fully saturated rings. The highest BCUT2D eigenvalue weighted by molar-refractivity contribution is 5.62. The van der Waals surface area contributed by atoms with Gasteiger partial charge in [-0.1, -0.05) is 0 Å². The van der Waals surface area contributed by atoms with Gasteiger partial charge in [0.15, 0.2) is 11.5 Å². The van der Waals surface area contributed by atoms with Gasteiger partial charge in [-0.05, 0) is 26.3 Å². The standard InChI is InChI=1S/C18H24N8/c1-23-9-10-25-14(13-23)11-15(22-25)20-18-12-17(24-7-3-2-4-8-24)21-16-5-6-19-26(16)18/h5-6,11-12H,2-4,7-10,13H2,1H3,(H,20,22). The fraction of sp³-hybridized carbons (Fsp3) is 0.500. The van der Waals surface area contributed by atoms with Crippen LogP contribution >= 0.6 is 0 Å². The largest absolute Gasteiger partial charge is 0.356 e. The third-order valence-corrected chi connectivity index (χ3v) is 5.27. The van der Waals surface area contributed by atoms with Crippen molar-refractivity contribution in [3.63, 3.8) is 0 Å². The summed E-state index contributed by atoms with van der Waals surface area (Å²) in [5, 5.41) is 12.6. The summed E-state index contributed by atoms with van der Waals surface area (Å²) in [7, 11) is 2.14. The van der Waals surface area contributed by atoms with Gasteiger partial charge < -0.3 is 10.2 Å². The Morgan fingerprint density at radius 1 is 1.04 bits per heavy atom. The van der Waals surface area contributed by atoms with E-state index in [0.29, 0.717) is 0 Å². The number of nitrogens with one attached hydrogen (secondary N) is 1. The van der Waals surface area contributed by atoms with E-state index in [1.807, 2.05) is 10.6 Å². The number of piperidine rings is 1. The van der Waals surface area contributed by atoms with Gasteiger partial charge in [0.1, 0.15) is 11.6 Å². The zero-order chi connectivity index (χ0) is 17.5. The van der Waals surface area contributed by atoms with Crippen molar-refractivity contribution >= 4 is 23.1 Å². The van der Waals surface area contributed by atoms with Crippen molar-refractivity contribution < 1.29 is 0 Å². The Labute approximate surface area is 152 Å². The quantitative estimate of drug-likeness (QED) is 0.779. The van der Waals surface area contributed by atoms with Gasteiger partial charge in [0.2, 0.25) is 0 Å². The second-order valence-electron chi connectivity index (χ2n) is 7.26. The molecular formula is C18H24N8. The Kier molecular flexibility index (Phi) is 3.77. The van der Waals surface area contributed by atoms with Crippen LogP contribution < -0.4 is 10.2 Å². The summed E-state index contributed by atoms with van der Waals surface area (Å²) in [6.45, 7) is 5.04. The Morgan fingerprint density at radius 3 is 2.81 bits per heavy atom. The highest BCUT2D eigenvalue weighted by Crippen LogP contribution is 2.25. The third kappa shape index (κ3) is 2.80. The molecule has 5 rings (SSSR count). The van der Waals surface area contributed by atoms with E-state index in [2.05, 4.69) is 44.1 Å². The van der Waals surface area contributed by atoms with Crippen LogP contribution in [0.2, 0.25) is 0 Å². The number of rotatable bonds is 3. The summed E-state index contributed by atoms with van der Waals surface area (Å²) in [5.41, 5.74) is 2.10. The van der Waals surface area contributed by atoms with E-state index in [9.17, 15) is 0 Å². The molecule has 1 N–H and O–H groups in total. The summed E-state index contributed by atoms with van der Waals surface area (Å²) in [4.78, 5) is 9.47. The fourth-order valence-corrected chi connectivity index (χ4v) is 3.86. The van der Waals surface area contributed by atoms with Gasteiger partial charge in [0, 0.05) is 44.4 Å². The number of anilines is 3. The van der Waals surface area contributed by atoms with Crippen LogP contribution in [0.15, 0.2) is 24.4 Å². The molecule has 0 bridgehead atoms.